The van der Waals surface area contributed by atoms with Gasteiger partial charge < -0.3 is 15.4 Å². The maximum Gasteiger partial charge on any atom is 0.254 e. The van der Waals surface area contributed by atoms with Crippen molar-refractivity contribution in [2.75, 3.05) is 7.05 Å². The highest BCUT2D eigenvalue weighted by Gasteiger charge is 2.26. The lowest BCUT2D eigenvalue weighted by atomic mass is 10.00. The van der Waals surface area contributed by atoms with E-state index in [1.165, 1.54) is 27.8 Å². The number of nitrogens with two attached hydrogens (primary N) is 1. The highest BCUT2D eigenvalue weighted by atomic mass is 19.1. The first kappa shape index (κ1) is 21.8. The Bertz CT molecular complexity index is 1170. The maximum atomic E-state index is 14.0. The van der Waals surface area contributed by atoms with Gasteiger partial charge >= 0.3 is 0 Å². The summed E-state index contributed by atoms with van der Waals surface area (Å²) in [4.78, 5) is 18.4. The second-order valence-electron chi connectivity index (χ2n) is 7.29. The van der Waals surface area contributed by atoms with Crippen LogP contribution >= 0.6 is 0 Å². The van der Waals surface area contributed by atoms with Gasteiger partial charge in [-0.1, -0.05) is 0 Å². The molecule has 1 aliphatic heterocycles. The number of aliphatic imine (C=N–C) groups is 1. The lowest BCUT2D eigenvalue weighted by Crippen LogP contribution is -2.28. The van der Waals surface area contributed by atoms with Crippen molar-refractivity contribution in [1.82, 2.24) is 14.7 Å². The third-order valence-corrected chi connectivity index (χ3v) is 5.11. The minimum atomic E-state index is -0.717. The van der Waals surface area contributed by atoms with Crippen LogP contribution < -0.4 is 5.73 Å². The van der Waals surface area contributed by atoms with Gasteiger partial charge in [0.2, 0.25) is 0 Å². The van der Waals surface area contributed by atoms with Gasteiger partial charge in [0.05, 0.1) is 12.2 Å². The fourth-order valence-corrected chi connectivity index (χ4v) is 3.57. The largest absolute Gasteiger partial charge is 0.482 e. The van der Waals surface area contributed by atoms with Crippen LogP contribution in [0.5, 0.6) is 0 Å². The van der Waals surface area contributed by atoms with Crippen LogP contribution in [-0.4, -0.2) is 34.4 Å². The Labute approximate surface area is 179 Å². The normalized spacial score (nSPS) is 20.1. The molecule has 0 saturated heterocycles. The first-order valence-electron chi connectivity index (χ1n) is 9.50. The summed E-state index contributed by atoms with van der Waals surface area (Å²) in [5.41, 5.74) is 8.75. The Hall–Kier alpha value is -3.93. The van der Waals surface area contributed by atoms with Crippen molar-refractivity contribution >= 4 is 18.2 Å². The van der Waals surface area contributed by atoms with Crippen LogP contribution in [0, 0.1) is 17.1 Å². The third-order valence-electron chi connectivity index (χ3n) is 5.11. The van der Waals surface area contributed by atoms with Crippen molar-refractivity contribution in [2.45, 2.75) is 26.5 Å². The molecule has 1 atom stereocenters. The predicted octanol–water partition coefficient (Wildman–Crippen LogP) is 3.03. The fraction of sp³-hybridized carbons (Fsp3) is 0.273. The quantitative estimate of drug-likeness (QED) is 0.711. The number of allylic oxidation sites excluding steroid dienone is 2. The Morgan fingerprint density at radius 3 is 2.81 bits per heavy atom. The highest BCUT2D eigenvalue weighted by Crippen LogP contribution is 2.31. The molecule has 2 aromatic rings. The van der Waals surface area contributed by atoms with E-state index in [2.05, 4.69) is 22.9 Å². The lowest BCUT2D eigenvalue weighted by molar-refractivity contribution is 0.0772. The van der Waals surface area contributed by atoms with Gasteiger partial charge in [0.25, 0.3) is 5.91 Å². The van der Waals surface area contributed by atoms with E-state index >= 15 is 0 Å². The average molecular weight is 422 g/mol. The first-order valence-corrected chi connectivity index (χ1v) is 9.50. The van der Waals surface area contributed by atoms with Crippen LogP contribution in [-0.2, 0) is 18.3 Å². The molecule has 2 N–H and O–H groups in total. The van der Waals surface area contributed by atoms with E-state index in [4.69, 9.17) is 10.5 Å². The van der Waals surface area contributed by atoms with Gasteiger partial charge in [-0.05, 0) is 50.4 Å². The zero-order valence-electron chi connectivity index (χ0n) is 17.8. The first-order chi connectivity index (χ1) is 14.7. The minimum Gasteiger partial charge on any atom is -0.482 e. The number of halogens is 1. The van der Waals surface area contributed by atoms with E-state index in [1.807, 2.05) is 0 Å². The van der Waals surface area contributed by atoms with Gasteiger partial charge in [-0.3, -0.25) is 9.48 Å². The number of aryl methyl sites for hydroxylation is 1. The number of benzene rings is 1. The topological polar surface area (TPSA) is 110 Å². The van der Waals surface area contributed by atoms with Gasteiger partial charge in [-0.25, -0.2) is 9.38 Å². The van der Waals surface area contributed by atoms with Gasteiger partial charge in [0.15, 0.2) is 11.6 Å². The number of ether oxygens (including phenoxy) is 1. The van der Waals surface area contributed by atoms with E-state index in [0.29, 0.717) is 33.7 Å². The summed E-state index contributed by atoms with van der Waals surface area (Å²) in [7, 11) is 3.28. The molecule has 0 fully saturated rings. The Balaban J connectivity index is 2.31. The van der Waals surface area contributed by atoms with Gasteiger partial charge in [0.1, 0.15) is 23.7 Å². The Morgan fingerprint density at radius 1 is 1.45 bits per heavy atom. The second kappa shape index (κ2) is 8.44. The van der Waals surface area contributed by atoms with Crippen molar-refractivity contribution in [2.24, 2.45) is 17.8 Å². The van der Waals surface area contributed by atoms with Crippen LogP contribution in [0.1, 0.15) is 52.8 Å². The summed E-state index contributed by atoms with van der Waals surface area (Å²) < 4.78 is 21.5. The molecule has 0 radical (unpaired) electrons. The van der Waals surface area contributed by atoms with Crippen molar-refractivity contribution < 1.29 is 13.9 Å². The second-order valence-corrected chi connectivity index (χ2v) is 7.29. The molecular weight excluding hydrogens is 399 g/mol. The van der Waals surface area contributed by atoms with E-state index < -0.39 is 11.9 Å². The molecule has 8 nitrogen and oxygen atoms in total. The summed E-state index contributed by atoms with van der Waals surface area (Å²) in [5.74, 6) is -0.610. The number of amides is 1. The molecule has 0 spiro atoms. The monoisotopic (exact) mass is 422 g/mol. The van der Waals surface area contributed by atoms with Crippen molar-refractivity contribution in [3.8, 4) is 6.07 Å². The highest BCUT2D eigenvalue weighted by molar-refractivity contribution is 5.95. The number of nitrogens with zero attached hydrogens (tertiary/aromatic N) is 5. The molecule has 3 rings (SSSR count). The Morgan fingerprint density at radius 2 is 2.16 bits per heavy atom. The molecule has 0 aliphatic carbocycles. The van der Waals surface area contributed by atoms with Crippen LogP contribution in [0.15, 0.2) is 40.8 Å². The van der Waals surface area contributed by atoms with Crippen molar-refractivity contribution in [3.05, 3.63) is 69.8 Å². The van der Waals surface area contributed by atoms with Crippen LogP contribution in [0.4, 0.5) is 4.39 Å². The Kier molecular flexibility index (Phi) is 5.92. The van der Waals surface area contributed by atoms with Crippen LogP contribution in [0.3, 0.4) is 0 Å². The molecule has 160 valence electrons. The molecule has 2 heterocycles. The van der Waals surface area contributed by atoms with Crippen molar-refractivity contribution in [1.29, 1.82) is 5.26 Å². The van der Waals surface area contributed by atoms with Gasteiger partial charge in [0, 0.05) is 30.8 Å². The molecule has 0 saturated carbocycles. The van der Waals surface area contributed by atoms with E-state index in [-0.39, 0.29) is 24.0 Å². The molecule has 0 unspecified atom stereocenters. The molecule has 1 aromatic heterocycles. The summed E-state index contributed by atoms with van der Waals surface area (Å²) in [6.45, 7) is 7.07. The smallest absolute Gasteiger partial charge is 0.254 e. The molecular formula is C22H23FN6O2. The van der Waals surface area contributed by atoms with E-state index in [0.717, 1.165) is 0 Å². The zero-order valence-corrected chi connectivity index (χ0v) is 17.8. The molecule has 31 heavy (non-hydrogen) atoms. The number of fused-ring (bicyclic) bond motifs is 2. The van der Waals surface area contributed by atoms with E-state index in [9.17, 15) is 14.4 Å². The minimum absolute atomic E-state index is 0.0219. The SMILES string of the molecule is C=N/C(N)=C1\C=C(/C)c2c(nn(C)c2C#N)CN(C)C(=O)c2ccc(F)cc2[C@@H](C)O1. The molecule has 1 amide bonds. The molecule has 0 bridgehead atoms. The standard InChI is InChI=1S/C22H23FN6O2/c1-12-8-19(21(25)26-3)31-13(2)16-9-14(23)6-7-15(16)22(30)28(4)11-17-20(12)18(10-24)29(5)27-17/h6-9,13H,3,11,25H2,1-2,4-5H3/b12-8+,21-19+/t13-/m1/s1. The number of rotatable bonds is 1. The number of hydrogen-bond donors (Lipinski definition) is 1. The number of hydrogen-bond acceptors (Lipinski definition) is 6. The van der Waals surface area contributed by atoms with Gasteiger partial charge in [-0.2, -0.15) is 10.4 Å². The zero-order chi connectivity index (χ0) is 22.9. The summed E-state index contributed by atoms with van der Waals surface area (Å²) >= 11 is 0. The molecule has 1 aromatic carbocycles. The number of carbonyl (C=O) groups is 1. The average Bonchev–Trinajstić information content (AvgIpc) is 3.05. The molecule has 9 heteroatoms. The lowest BCUT2D eigenvalue weighted by Gasteiger charge is -2.24. The van der Waals surface area contributed by atoms with Gasteiger partial charge in [-0.15, -0.1) is 0 Å². The summed E-state index contributed by atoms with van der Waals surface area (Å²) in [6.07, 6.45) is 0.926. The summed E-state index contributed by atoms with van der Waals surface area (Å²) in [6, 6.07) is 6.07. The van der Waals surface area contributed by atoms with Crippen LogP contribution in [0.2, 0.25) is 0 Å². The number of nitriles is 1. The van der Waals surface area contributed by atoms with Crippen LogP contribution in [0.25, 0.3) is 5.57 Å². The number of carbonyl (C=O) groups excluding carboxylic acids is 1. The predicted molar refractivity (Wildman–Crippen MR) is 114 cm³/mol. The fourth-order valence-electron chi connectivity index (χ4n) is 3.57. The summed E-state index contributed by atoms with van der Waals surface area (Å²) in [5, 5.41) is 14.1. The van der Waals surface area contributed by atoms with Crippen molar-refractivity contribution in [3.63, 3.8) is 0 Å². The third kappa shape index (κ3) is 4.05. The molecule has 1 aliphatic rings. The van der Waals surface area contributed by atoms with E-state index in [1.54, 1.807) is 34.0 Å². The number of aromatic nitrogens is 2. The maximum absolute atomic E-state index is 14.0.